The Morgan fingerprint density at radius 1 is 0.840 bits per heavy atom. The zero-order chi connectivity index (χ0) is 17.8. The van der Waals surface area contributed by atoms with E-state index in [9.17, 15) is 4.79 Å². The van der Waals surface area contributed by atoms with Crippen molar-refractivity contribution in [3.8, 4) is 0 Å². The molecule has 0 atom stereocenters. The van der Waals surface area contributed by atoms with Crippen molar-refractivity contribution in [2.75, 3.05) is 10.6 Å². The molecule has 2 N–H and O–H groups in total. The predicted octanol–water partition coefficient (Wildman–Crippen LogP) is 5.43. The molecule has 0 radical (unpaired) electrons. The van der Waals surface area contributed by atoms with Crippen molar-refractivity contribution in [3.05, 3.63) is 75.5 Å². The average Bonchev–Trinajstić information content (AvgIpc) is 2.61. The smallest absolute Gasteiger partial charge is 0.258 e. The van der Waals surface area contributed by atoms with Crippen molar-refractivity contribution < 1.29 is 4.79 Å². The predicted molar refractivity (Wildman–Crippen MR) is 101 cm³/mol. The number of benzene rings is 2. The van der Waals surface area contributed by atoms with Gasteiger partial charge in [-0.1, -0.05) is 53.0 Å². The number of nitrogens with one attached hydrogen (secondary N) is 2. The monoisotopic (exact) mass is 392 g/mol. The van der Waals surface area contributed by atoms with E-state index in [0.29, 0.717) is 26.4 Å². The van der Waals surface area contributed by atoms with Gasteiger partial charge in [-0.15, -0.1) is 0 Å². The molecule has 1 aromatic heterocycles. The van der Waals surface area contributed by atoms with Gasteiger partial charge in [0.15, 0.2) is 0 Å². The Hall–Kier alpha value is -2.34. The van der Waals surface area contributed by atoms with Crippen LogP contribution < -0.4 is 10.6 Å². The van der Waals surface area contributed by atoms with Crippen molar-refractivity contribution in [3.63, 3.8) is 0 Å². The second kappa shape index (κ2) is 7.70. The molecule has 0 spiro atoms. The molecule has 0 saturated heterocycles. The SMILES string of the molecule is O=C(Nc1ccccc1Cl)c1cnc(Nc2c(Cl)cccc2Cl)nc1. The molecule has 0 aliphatic rings. The highest BCUT2D eigenvalue weighted by Crippen LogP contribution is 2.31. The van der Waals surface area contributed by atoms with Crippen LogP contribution in [0.2, 0.25) is 15.1 Å². The van der Waals surface area contributed by atoms with Gasteiger partial charge in [0.05, 0.1) is 32.0 Å². The van der Waals surface area contributed by atoms with Crippen LogP contribution in [0, 0.1) is 0 Å². The summed E-state index contributed by atoms with van der Waals surface area (Å²) < 4.78 is 0. The fraction of sp³-hybridized carbons (Fsp3) is 0. The minimum absolute atomic E-state index is 0.268. The van der Waals surface area contributed by atoms with Gasteiger partial charge in [0, 0.05) is 12.4 Å². The minimum atomic E-state index is -0.365. The summed E-state index contributed by atoms with van der Waals surface area (Å²) in [7, 11) is 0. The number of para-hydroxylation sites is 2. The molecule has 25 heavy (non-hydrogen) atoms. The molecule has 2 aromatic carbocycles. The summed E-state index contributed by atoms with van der Waals surface area (Å²) in [6.45, 7) is 0. The number of carbonyl (C=O) groups is 1. The molecule has 0 aliphatic heterocycles. The molecule has 1 amide bonds. The van der Waals surface area contributed by atoms with Crippen LogP contribution in [-0.2, 0) is 0 Å². The van der Waals surface area contributed by atoms with E-state index in [0.717, 1.165) is 0 Å². The van der Waals surface area contributed by atoms with Crippen LogP contribution in [0.15, 0.2) is 54.9 Å². The lowest BCUT2D eigenvalue weighted by Gasteiger charge is -2.09. The zero-order valence-corrected chi connectivity index (χ0v) is 14.9. The molecule has 3 aromatic rings. The third kappa shape index (κ3) is 4.20. The number of aromatic nitrogens is 2. The lowest BCUT2D eigenvalue weighted by atomic mass is 10.3. The number of nitrogens with zero attached hydrogens (tertiary/aromatic N) is 2. The summed E-state index contributed by atoms with van der Waals surface area (Å²) in [5.74, 6) is -0.0975. The second-order valence-electron chi connectivity index (χ2n) is 4.95. The number of carbonyl (C=O) groups excluding carboxylic acids is 1. The number of halogens is 3. The van der Waals surface area contributed by atoms with Crippen LogP contribution in [0.4, 0.5) is 17.3 Å². The molecule has 0 aliphatic carbocycles. The first kappa shape index (κ1) is 17.5. The molecular formula is C17H11Cl3N4O. The molecule has 0 fully saturated rings. The van der Waals surface area contributed by atoms with Crippen molar-refractivity contribution in [2.24, 2.45) is 0 Å². The van der Waals surface area contributed by atoms with E-state index in [2.05, 4.69) is 20.6 Å². The van der Waals surface area contributed by atoms with E-state index in [-0.39, 0.29) is 17.4 Å². The van der Waals surface area contributed by atoms with E-state index in [4.69, 9.17) is 34.8 Å². The molecule has 8 heteroatoms. The lowest BCUT2D eigenvalue weighted by Crippen LogP contribution is -2.13. The molecule has 126 valence electrons. The average molecular weight is 394 g/mol. The first-order valence-electron chi connectivity index (χ1n) is 7.13. The van der Waals surface area contributed by atoms with Gasteiger partial charge < -0.3 is 10.6 Å². The van der Waals surface area contributed by atoms with Crippen LogP contribution >= 0.6 is 34.8 Å². The van der Waals surface area contributed by atoms with Gasteiger partial charge in [-0.2, -0.15) is 0 Å². The van der Waals surface area contributed by atoms with Gasteiger partial charge >= 0.3 is 0 Å². The molecule has 0 bridgehead atoms. The van der Waals surface area contributed by atoms with E-state index in [1.54, 1.807) is 42.5 Å². The van der Waals surface area contributed by atoms with Gasteiger partial charge in [0.1, 0.15) is 0 Å². The first-order valence-corrected chi connectivity index (χ1v) is 8.27. The lowest BCUT2D eigenvalue weighted by molar-refractivity contribution is 0.102. The van der Waals surface area contributed by atoms with Gasteiger partial charge in [-0.05, 0) is 24.3 Å². The van der Waals surface area contributed by atoms with E-state index < -0.39 is 0 Å². The highest BCUT2D eigenvalue weighted by molar-refractivity contribution is 6.39. The Morgan fingerprint density at radius 3 is 2.08 bits per heavy atom. The summed E-state index contributed by atoms with van der Waals surface area (Å²) in [5.41, 5.74) is 1.30. The van der Waals surface area contributed by atoms with E-state index in [1.165, 1.54) is 12.4 Å². The van der Waals surface area contributed by atoms with Crippen LogP contribution in [0.25, 0.3) is 0 Å². The Labute approximate surface area is 159 Å². The van der Waals surface area contributed by atoms with Crippen molar-refractivity contribution >= 4 is 58.0 Å². The maximum atomic E-state index is 12.2. The van der Waals surface area contributed by atoms with Crippen molar-refractivity contribution in [2.45, 2.75) is 0 Å². The largest absolute Gasteiger partial charge is 0.322 e. The summed E-state index contributed by atoms with van der Waals surface area (Å²) in [6.07, 6.45) is 2.79. The molecular weight excluding hydrogens is 383 g/mol. The Morgan fingerprint density at radius 2 is 1.44 bits per heavy atom. The highest BCUT2D eigenvalue weighted by atomic mass is 35.5. The van der Waals surface area contributed by atoms with Crippen LogP contribution in [0.5, 0.6) is 0 Å². The van der Waals surface area contributed by atoms with E-state index in [1.807, 2.05) is 0 Å². The standard InChI is InChI=1S/C17H11Cl3N4O/c18-11-4-1-2-7-14(11)23-16(25)10-8-21-17(22-9-10)24-15-12(19)5-3-6-13(15)20/h1-9H,(H,23,25)(H,21,22,24). The maximum absolute atomic E-state index is 12.2. The zero-order valence-electron chi connectivity index (χ0n) is 12.6. The molecule has 5 nitrogen and oxygen atoms in total. The highest BCUT2D eigenvalue weighted by Gasteiger charge is 2.11. The summed E-state index contributed by atoms with van der Waals surface area (Å²) >= 11 is 18.2. The molecule has 0 unspecified atom stereocenters. The molecule has 3 rings (SSSR count). The number of anilines is 3. The van der Waals surface area contributed by atoms with Gasteiger partial charge in [-0.25, -0.2) is 9.97 Å². The summed E-state index contributed by atoms with van der Waals surface area (Å²) in [4.78, 5) is 20.4. The fourth-order valence-electron chi connectivity index (χ4n) is 2.00. The number of rotatable bonds is 4. The fourth-order valence-corrected chi connectivity index (χ4v) is 2.67. The van der Waals surface area contributed by atoms with Gasteiger partial charge in [-0.3, -0.25) is 4.79 Å². The second-order valence-corrected chi connectivity index (χ2v) is 6.17. The third-order valence-electron chi connectivity index (χ3n) is 3.24. The normalized spacial score (nSPS) is 10.4. The topological polar surface area (TPSA) is 66.9 Å². The van der Waals surface area contributed by atoms with Gasteiger partial charge in [0.25, 0.3) is 5.91 Å². The summed E-state index contributed by atoms with van der Waals surface area (Å²) in [5, 5.41) is 6.96. The molecule has 0 saturated carbocycles. The first-order chi connectivity index (χ1) is 12.0. The summed E-state index contributed by atoms with van der Waals surface area (Å²) in [6, 6.07) is 12.1. The van der Waals surface area contributed by atoms with E-state index >= 15 is 0 Å². The molecule has 1 heterocycles. The maximum Gasteiger partial charge on any atom is 0.258 e. The minimum Gasteiger partial charge on any atom is -0.322 e. The third-order valence-corrected chi connectivity index (χ3v) is 4.20. The van der Waals surface area contributed by atoms with Crippen molar-refractivity contribution in [1.29, 1.82) is 0 Å². The Bertz CT molecular complexity index is 896. The Kier molecular flexibility index (Phi) is 5.38. The number of hydrogen-bond acceptors (Lipinski definition) is 4. The van der Waals surface area contributed by atoms with Gasteiger partial charge in [0.2, 0.25) is 5.95 Å². The number of amides is 1. The van der Waals surface area contributed by atoms with Crippen LogP contribution in [-0.4, -0.2) is 15.9 Å². The Balaban J connectivity index is 1.74. The number of hydrogen-bond donors (Lipinski definition) is 2. The van der Waals surface area contributed by atoms with Crippen LogP contribution in [0.3, 0.4) is 0 Å². The van der Waals surface area contributed by atoms with Crippen LogP contribution in [0.1, 0.15) is 10.4 Å². The van der Waals surface area contributed by atoms with Crippen molar-refractivity contribution in [1.82, 2.24) is 9.97 Å². The quantitative estimate of drug-likeness (QED) is 0.620.